The van der Waals surface area contributed by atoms with Gasteiger partial charge in [0, 0.05) is 12.6 Å². The lowest BCUT2D eigenvalue weighted by molar-refractivity contribution is -0.116. The Bertz CT molecular complexity index is 921. The van der Waals surface area contributed by atoms with Crippen LogP contribution >= 0.6 is 0 Å². The molecule has 0 aliphatic heterocycles. The molecule has 0 aromatic heterocycles. The van der Waals surface area contributed by atoms with Crippen molar-refractivity contribution in [2.75, 3.05) is 7.11 Å². The molecule has 0 radical (unpaired) electrons. The van der Waals surface area contributed by atoms with Crippen LogP contribution in [0, 0.1) is 0 Å². The number of methoxy groups -OCH3 is 1. The fourth-order valence-electron chi connectivity index (χ4n) is 2.66. The lowest BCUT2D eigenvalue weighted by atomic mass is 10.2. The summed E-state index contributed by atoms with van der Waals surface area (Å²) in [5.41, 5.74) is 3.01. The lowest BCUT2D eigenvalue weighted by Crippen LogP contribution is -2.20. The predicted molar refractivity (Wildman–Crippen MR) is 111 cm³/mol. The fourth-order valence-corrected chi connectivity index (χ4v) is 2.66. The van der Waals surface area contributed by atoms with Gasteiger partial charge in [0.25, 0.3) is 0 Å². The third kappa shape index (κ3) is 5.74. The molecule has 0 saturated heterocycles. The lowest BCUT2D eigenvalue weighted by Gasteiger charge is -2.11. The Kier molecular flexibility index (Phi) is 6.85. The summed E-state index contributed by atoms with van der Waals surface area (Å²) in [6.07, 6.45) is 3.27. The van der Waals surface area contributed by atoms with Gasteiger partial charge in [-0.05, 0) is 34.9 Å². The van der Waals surface area contributed by atoms with Crippen LogP contribution in [0.4, 0.5) is 0 Å². The molecule has 0 aliphatic carbocycles. The Labute approximate surface area is 165 Å². The van der Waals surface area contributed by atoms with Crippen molar-refractivity contribution >= 4 is 12.0 Å². The van der Waals surface area contributed by atoms with Gasteiger partial charge in [-0.1, -0.05) is 66.7 Å². The average Bonchev–Trinajstić information content (AvgIpc) is 2.76. The second kappa shape index (κ2) is 9.97. The van der Waals surface area contributed by atoms with Gasteiger partial charge in [0.15, 0.2) is 11.5 Å². The molecule has 0 saturated carbocycles. The topological polar surface area (TPSA) is 47.6 Å². The molecule has 4 heteroatoms. The van der Waals surface area contributed by atoms with Crippen LogP contribution in [-0.2, 0) is 17.9 Å². The van der Waals surface area contributed by atoms with Crippen LogP contribution in [-0.4, -0.2) is 13.0 Å². The molecule has 142 valence electrons. The first-order chi connectivity index (χ1) is 13.7. The number of carbonyl (C=O) groups excluding carboxylic acids is 1. The van der Waals surface area contributed by atoms with E-state index in [4.69, 9.17) is 9.47 Å². The molecule has 3 aromatic carbocycles. The molecule has 0 spiro atoms. The Morgan fingerprint density at radius 2 is 1.57 bits per heavy atom. The largest absolute Gasteiger partial charge is 0.493 e. The monoisotopic (exact) mass is 373 g/mol. The molecule has 0 heterocycles. The minimum Gasteiger partial charge on any atom is -0.493 e. The van der Waals surface area contributed by atoms with E-state index in [1.807, 2.05) is 78.9 Å². The minimum absolute atomic E-state index is 0.146. The van der Waals surface area contributed by atoms with Gasteiger partial charge in [0.05, 0.1) is 7.11 Å². The summed E-state index contributed by atoms with van der Waals surface area (Å²) in [6, 6.07) is 25.3. The van der Waals surface area contributed by atoms with Crippen molar-refractivity contribution in [3.8, 4) is 11.5 Å². The van der Waals surface area contributed by atoms with E-state index in [0.717, 1.165) is 16.7 Å². The summed E-state index contributed by atoms with van der Waals surface area (Å²) in [4.78, 5) is 12.0. The summed E-state index contributed by atoms with van der Waals surface area (Å²) in [6.45, 7) is 0.966. The van der Waals surface area contributed by atoms with E-state index >= 15 is 0 Å². The smallest absolute Gasteiger partial charge is 0.244 e. The van der Waals surface area contributed by atoms with Crippen LogP contribution in [0.5, 0.6) is 11.5 Å². The van der Waals surface area contributed by atoms with Crippen LogP contribution in [0.15, 0.2) is 84.9 Å². The third-order valence-electron chi connectivity index (χ3n) is 4.16. The highest BCUT2D eigenvalue weighted by molar-refractivity contribution is 5.91. The summed E-state index contributed by atoms with van der Waals surface area (Å²) in [7, 11) is 1.60. The van der Waals surface area contributed by atoms with E-state index in [9.17, 15) is 4.79 Å². The Hall–Kier alpha value is -3.53. The zero-order chi connectivity index (χ0) is 19.6. The highest BCUT2D eigenvalue weighted by Gasteiger charge is 2.06. The highest BCUT2D eigenvalue weighted by atomic mass is 16.5. The maximum atomic E-state index is 12.0. The molecule has 4 nitrogen and oxygen atoms in total. The third-order valence-corrected chi connectivity index (χ3v) is 4.16. The summed E-state index contributed by atoms with van der Waals surface area (Å²) in [5, 5.41) is 2.87. The molecule has 0 fully saturated rings. The van der Waals surface area contributed by atoms with E-state index in [2.05, 4.69) is 5.32 Å². The van der Waals surface area contributed by atoms with Gasteiger partial charge in [-0.3, -0.25) is 4.79 Å². The Balaban J connectivity index is 1.58. The van der Waals surface area contributed by atoms with E-state index in [1.165, 1.54) is 6.08 Å². The second-order valence-corrected chi connectivity index (χ2v) is 6.22. The number of hydrogen-bond donors (Lipinski definition) is 1. The molecule has 3 rings (SSSR count). The van der Waals surface area contributed by atoms with Crippen molar-refractivity contribution in [1.82, 2.24) is 5.32 Å². The normalized spacial score (nSPS) is 10.6. The van der Waals surface area contributed by atoms with Crippen molar-refractivity contribution < 1.29 is 14.3 Å². The first-order valence-electron chi connectivity index (χ1n) is 9.09. The molecule has 0 atom stereocenters. The van der Waals surface area contributed by atoms with Gasteiger partial charge < -0.3 is 14.8 Å². The standard InChI is InChI=1S/C24H23NO3/c1-27-23-16-19(12-14-22(23)28-18-21-10-6-3-7-11-21)13-15-24(26)25-17-20-8-4-2-5-9-20/h2-16H,17-18H2,1H3,(H,25,26). The number of rotatable bonds is 8. The zero-order valence-corrected chi connectivity index (χ0v) is 15.8. The van der Waals surface area contributed by atoms with Gasteiger partial charge in [0.2, 0.25) is 5.91 Å². The Morgan fingerprint density at radius 1 is 0.893 bits per heavy atom. The molecule has 3 aromatic rings. The average molecular weight is 373 g/mol. The molecular formula is C24H23NO3. The van der Waals surface area contributed by atoms with E-state index in [0.29, 0.717) is 24.7 Å². The molecule has 1 amide bonds. The van der Waals surface area contributed by atoms with Gasteiger partial charge in [-0.15, -0.1) is 0 Å². The predicted octanol–water partition coefficient (Wildman–Crippen LogP) is 4.60. The van der Waals surface area contributed by atoms with E-state index in [1.54, 1.807) is 13.2 Å². The quantitative estimate of drug-likeness (QED) is 0.587. The summed E-state index contributed by atoms with van der Waals surface area (Å²) < 4.78 is 11.3. The van der Waals surface area contributed by atoms with Crippen molar-refractivity contribution in [3.05, 3.63) is 102 Å². The van der Waals surface area contributed by atoms with Crippen LogP contribution in [0.2, 0.25) is 0 Å². The molecule has 28 heavy (non-hydrogen) atoms. The SMILES string of the molecule is COc1cc(C=CC(=O)NCc2ccccc2)ccc1OCc1ccccc1. The van der Waals surface area contributed by atoms with Crippen LogP contribution < -0.4 is 14.8 Å². The highest BCUT2D eigenvalue weighted by Crippen LogP contribution is 2.29. The molecule has 0 unspecified atom stereocenters. The number of amides is 1. The Morgan fingerprint density at radius 3 is 2.25 bits per heavy atom. The van der Waals surface area contributed by atoms with Crippen molar-refractivity contribution in [2.24, 2.45) is 0 Å². The van der Waals surface area contributed by atoms with Crippen molar-refractivity contribution in [2.45, 2.75) is 13.2 Å². The van der Waals surface area contributed by atoms with Gasteiger partial charge in [-0.25, -0.2) is 0 Å². The number of hydrogen-bond acceptors (Lipinski definition) is 3. The molecular weight excluding hydrogens is 350 g/mol. The van der Waals surface area contributed by atoms with Crippen molar-refractivity contribution in [1.29, 1.82) is 0 Å². The second-order valence-electron chi connectivity index (χ2n) is 6.22. The molecule has 0 bridgehead atoms. The van der Waals surface area contributed by atoms with Gasteiger partial charge in [-0.2, -0.15) is 0 Å². The number of carbonyl (C=O) groups is 1. The number of benzene rings is 3. The number of nitrogens with one attached hydrogen (secondary N) is 1. The van der Waals surface area contributed by atoms with E-state index < -0.39 is 0 Å². The zero-order valence-electron chi connectivity index (χ0n) is 15.8. The van der Waals surface area contributed by atoms with E-state index in [-0.39, 0.29) is 5.91 Å². The molecule has 0 aliphatic rings. The van der Waals surface area contributed by atoms with Crippen molar-refractivity contribution in [3.63, 3.8) is 0 Å². The molecule has 1 N–H and O–H groups in total. The van der Waals surface area contributed by atoms with Gasteiger partial charge in [0.1, 0.15) is 6.61 Å². The van der Waals surface area contributed by atoms with Crippen LogP contribution in [0.3, 0.4) is 0 Å². The number of ether oxygens (including phenoxy) is 2. The first kappa shape index (κ1) is 19.2. The maximum absolute atomic E-state index is 12.0. The minimum atomic E-state index is -0.146. The maximum Gasteiger partial charge on any atom is 0.244 e. The summed E-state index contributed by atoms with van der Waals surface area (Å²) >= 11 is 0. The fraction of sp³-hybridized carbons (Fsp3) is 0.125. The summed E-state index contributed by atoms with van der Waals surface area (Å²) in [5.74, 6) is 1.15. The first-order valence-corrected chi connectivity index (χ1v) is 9.09. The van der Waals surface area contributed by atoms with Crippen LogP contribution in [0.25, 0.3) is 6.08 Å². The van der Waals surface area contributed by atoms with Crippen LogP contribution in [0.1, 0.15) is 16.7 Å². The van der Waals surface area contributed by atoms with Gasteiger partial charge >= 0.3 is 0 Å².